The van der Waals surface area contributed by atoms with Crippen molar-refractivity contribution < 1.29 is 8.78 Å². The topological polar surface area (TPSA) is 29.3 Å². The van der Waals surface area contributed by atoms with Crippen molar-refractivity contribution in [1.29, 1.82) is 0 Å². The molecule has 2 nitrogen and oxygen atoms in total. The highest BCUT2D eigenvalue weighted by molar-refractivity contribution is 5.46. The van der Waals surface area contributed by atoms with Crippen molar-refractivity contribution in [2.24, 2.45) is 5.73 Å². The Morgan fingerprint density at radius 2 is 1.94 bits per heavy atom. The lowest BCUT2D eigenvalue weighted by Crippen LogP contribution is -2.36. The largest absolute Gasteiger partial charge is 0.372 e. The van der Waals surface area contributed by atoms with Gasteiger partial charge in [0.2, 0.25) is 0 Å². The van der Waals surface area contributed by atoms with Gasteiger partial charge >= 0.3 is 0 Å². The SMILES string of the molecule is CN(CCC(C)(C)N)c1ccc(F)cc1F. The van der Waals surface area contributed by atoms with Gasteiger partial charge in [0.15, 0.2) is 0 Å². The fraction of sp³-hybridized carbons (Fsp3) is 0.500. The van der Waals surface area contributed by atoms with Gasteiger partial charge in [0.05, 0.1) is 5.69 Å². The van der Waals surface area contributed by atoms with Gasteiger partial charge in [0.1, 0.15) is 11.6 Å². The Kier molecular flexibility index (Phi) is 3.86. The average molecular weight is 228 g/mol. The van der Waals surface area contributed by atoms with Crippen molar-refractivity contribution in [2.45, 2.75) is 25.8 Å². The van der Waals surface area contributed by atoms with Gasteiger partial charge in [-0.3, -0.25) is 0 Å². The highest BCUT2D eigenvalue weighted by Gasteiger charge is 2.14. The summed E-state index contributed by atoms with van der Waals surface area (Å²) in [6, 6.07) is 3.58. The molecule has 2 N–H and O–H groups in total. The fourth-order valence-electron chi connectivity index (χ4n) is 1.37. The molecule has 1 aromatic carbocycles. The smallest absolute Gasteiger partial charge is 0.149 e. The highest BCUT2D eigenvalue weighted by Crippen LogP contribution is 2.19. The van der Waals surface area contributed by atoms with E-state index in [0.29, 0.717) is 12.2 Å². The number of hydrogen-bond acceptors (Lipinski definition) is 2. The number of halogens is 2. The summed E-state index contributed by atoms with van der Waals surface area (Å²) in [4.78, 5) is 1.74. The molecule has 1 rings (SSSR count). The van der Waals surface area contributed by atoms with Crippen LogP contribution in [-0.4, -0.2) is 19.1 Å². The first-order valence-electron chi connectivity index (χ1n) is 5.25. The molecule has 0 radical (unpaired) electrons. The molecule has 0 unspecified atom stereocenters. The molecule has 0 atom stereocenters. The lowest BCUT2D eigenvalue weighted by Gasteiger charge is -2.25. The van der Waals surface area contributed by atoms with Gasteiger partial charge in [0.25, 0.3) is 0 Å². The Hall–Kier alpha value is -1.16. The Balaban J connectivity index is 2.70. The standard InChI is InChI=1S/C12H18F2N2/c1-12(2,15)6-7-16(3)11-5-4-9(13)8-10(11)14/h4-5,8H,6-7,15H2,1-3H3. The van der Waals surface area contributed by atoms with Gasteiger partial charge in [-0.1, -0.05) is 0 Å². The van der Waals surface area contributed by atoms with E-state index in [9.17, 15) is 8.78 Å². The molecule has 16 heavy (non-hydrogen) atoms. The minimum atomic E-state index is -0.561. The van der Waals surface area contributed by atoms with Crippen LogP contribution in [-0.2, 0) is 0 Å². The van der Waals surface area contributed by atoms with Crippen molar-refractivity contribution in [3.05, 3.63) is 29.8 Å². The summed E-state index contributed by atoms with van der Waals surface area (Å²) in [6.07, 6.45) is 0.736. The quantitative estimate of drug-likeness (QED) is 0.858. The van der Waals surface area contributed by atoms with E-state index < -0.39 is 11.6 Å². The minimum absolute atomic E-state index is 0.287. The molecule has 0 heterocycles. The molecule has 0 amide bonds. The Bertz CT molecular complexity index is 359. The minimum Gasteiger partial charge on any atom is -0.372 e. The predicted octanol–water partition coefficient (Wildman–Crippen LogP) is 2.53. The molecular formula is C12H18F2N2. The zero-order valence-corrected chi connectivity index (χ0v) is 9.93. The number of hydrogen-bond donors (Lipinski definition) is 1. The van der Waals surface area contributed by atoms with Crippen LogP contribution in [0.25, 0.3) is 0 Å². The first-order valence-corrected chi connectivity index (χ1v) is 5.25. The molecule has 0 bridgehead atoms. The lowest BCUT2D eigenvalue weighted by molar-refractivity contribution is 0.477. The third kappa shape index (κ3) is 3.77. The van der Waals surface area contributed by atoms with Crippen molar-refractivity contribution in [3.8, 4) is 0 Å². The molecule has 0 fully saturated rings. The highest BCUT2D eigenvalue weighted by atomic mass is 19.1. The molecule has 0 aliphatic carbocycles. The van der Waals surface area contributed by atoms with Crippen molar-refractivity contribution in [1.82, 2.24) is 0 Å². The van der Waals surface area contributed by atoms with Gasteiger partial charge in [-0.05, 0) is 32.4 Å². The van der Waals surface area contributed by atoms with E-state index in [-0.39, 0.29) is 5.54 Å². The maximum atomic E-state index is 13.4. The van der Waals surface area contributed by atoms with E-state index in [1.807, 2.05) is 13.8 Å². The van der Waals surface area contributed by atoms with Crippen LogP contribution in [0.5, 0.6) is 0 Å². The summed E-state index contributed by atoms with van der Waals surface area (Å²) < 4.78 is 26.1. The molecule has 0 spiro atoms. The van der Waals surface area contributed by atoms with Crippen molar-refractivity contribution >= 4 is 5.69 Å². The van der Waals surface area contributed by atoms with E-state index in [1.165, 1.54) is 12.1 Å². The summed E-state index contributed by atoms with van der Waals surface area (Å²) in [6.45, 7) is 4.47. The third-order valence-corrected chi connectivity index (χ3v) is 2.41. The zero-order valence-electron chi connectivity index (χ0n) is 9.93. The fourth-order valence-corrected chi connectivity index (χ4v) is 1.37. The Morgan fingerprint density at radius 1 is 1.31 bits per heavy atom. The van der Waals surface area contributed by atoms with E-state index in [1.54, 1.807) is 11.9 Å². The second-order valence-corrected chi connectivity index (χ2v) is 4.76. The van der Waals surface area contributed by atoms with Crippen LogP contribution in [0.15, 0.2) is 18.2 Å². The molecule has 1 aromatic rings. The maximum Gasteiger partial charge on any atom is 0.149 e. The van der Waals surface area contributed by atoms with Gasteiger partial charge in [-0.15, -0.1) is 0 Å². The Labute approximate surface area is 95.1 Å². The molecule has 90 valence electrons. The van der Waals surface area contributed by atoms with E-state index in [0.717, 1.165) is 12.5 Å². The summed E-state index contributed by atoms with van der Waals surface area (Å²) in [7, 11) is 1.77. The van der Waals surface area contributed by atoms with Crippen LogP contribution in [0, 0.1) is 11.6 Å². The van der Waals surface area contributed by atoms with Crippen LogP contribution in [0.3, 0.4) is 0 Å². The van der Waals surface area contributed by atoms with Crippen molar-refractivity contribution in [2.75, 3.05) is 18.5 Å². The Morgan fingerprint density at radius 3 is 2.44 bits per heavy atom. The van der Waals surface area contributed by atoms with E-state index >= 15 is 0 Å². The van der Waals surface area contributed by atoms with Crippen LogP contribution in [0.4, 0.5) is 14.5 Å². The molecule has 0 saturated heterocycles. The normalized spacial score (nSPS) is 11.6. The molecule has 0 aromatic heterocycles. The predicted molar refractivity (Wildman–Crippen MR) is 62.5 cm³/mol. The van der Waals surface area contributed by atoms with E-state index in [2.05, 4.69) is 0 Å². The number of rotatable bonds is 4. The number of benzene rings is 1. The molecule has 4 heteroatoms. The van der Waals surface area contributed by atoms with Crippen LogP contribution >= 0.6 is 0 Å². The molecule has 0 aliphatic heterocycles. The van der Waals surface area contributed by atoms with Gasteiger partial charge in [0, 0.05) is 25.2 Å². The van der Waals surface area contributed by atoms with Gasteiger partial charge in [-0.25, -0.2) is 8.78 Å². The summed E-state index contributed by atoms with van der Waals surface area (Å²) in [5.74, 6) is -1.11. The van der Waals surface area contributed by atoms with Crippen LogP contribution < -0.4 is 10.6 Å². The van der Waals surface area contributed by atoms with E-state index in [4.69, 9.17) is 5.73 Å². The number of nitrogens with zero attached hydrogens (tertiary/aromatic N) is 1. The third-order valence-electron chi connectivity index (χ3n) is 2.41. The number of nitrogens with two attached hydrogens (primary N) is 1. The molecule has 0 saturated carbocycles. The van der Waals surface area contributed by atoms with Crippen molar-refractivity contribution in [3.63, 3.8) is 0 Å². The molecule has 0 aliphatic rings. The first-order chi connectivity index (χ1) is 7.29. The summed E-state index contributed by atoms with van der Waals surface area (Å²) in [5.41, 5.74) is 5.95. The lowest BCUT2D eigenvalue weighted by atomic mass is 10.0. The summed E-state index contributed by atoms with van der Waals surface area (Å²) >= 11 is 0. The monoisotopic (exact) mass is 228 g/mol. The van der Waals surface area contributed by atoms with Crippen LogP contribution in [0.2, 0.25) is 0 Å². The van der Waals surface area contributed by atoms with Gasteiger partial charge < -0.3 is 10.6 Å². The molecular weight excluding hydrogens is 210 g/mol. The second-order valence-electron chi connectivity index (χ2n) is 4.76. The summed E-state index contributed by atoms with van der Waals surface area (Å²) in [5, 5.41) is 0. The van der Waals surface area contributed by atoms with Crippen LogP contribution in [0.1, 0.15) is 20.3 Å². The zero-order chi connectivity index (χ0) is 12.3. The van der Waals surface area contributed by atoms with Gasteiger partial charge in [-0.2, -0.15) is 0 Å². The first kappa shape index (κ1) is 12.9. The number of anilines is 1. The second kappa shape index (κ2) is 4.78. The maximum absolute atomic E-state index is 13.4. The average Bonchev–Trinajstić information content (AvgIpc) is 2.13.